The molecule has 1 amide bonds. The number of allylic oxidation sites excluding steroid dienone is 5. The van der Waals surface area contributed by atoms with Gasteiger partial charge in [0.05, 0.1) is 25.4 Å². The van der Waals surface area contributed by atoms with Gasteiger partial charge in [0.15, 0.2) is 6.29 Å². The number of carbonyl (C=O) groups excluding carboxylic acids is 1. The molecular weight excluding hydrogens is 747 g/mol. The summed E-state index contributed by atoms with van der Waals surface area (Å²) in [5.74, 6) is -0.631. The molecule has 0 saturated carbocycles. The van der Waals surface area contributed by atoms with Crippen molar-refractivity contribution in [2.24, 2.45) is 0 Å². The molecule has 0 aliphatic carbocycles. The number of carbonyl (C=O) groups is 1. The highest BCUT2D eigenvalue weighted by Crippen LogP contribution is 2.23. The molecule has 1 heterocycles. The minimum Gasteiger partial charge on any atom is -0.394 e. The molecule has 0 aromatic heterocycles. The summed E-state index contributed by atoms with van der Waals surface area (Å²) < 4.78 is 11.1. The maximum absolute atomic E-state index is 13.1. The Morgan fingerprint density at radius 2 is 1.14 bits per heavy atom. The van der Waals surface area contributed by atoms with Gasteiger partial charge in [0, 0.05) is 0 Å². The lowest BCUT2D eigenvalue weighted by molar-refractivity contribution is -0.302. The van der Waals surface area contributed by atoms with E-state index < -0.39 is 61.5 Å². The second-order valence-corrected chi connectivity index (χ2v) is 17.2. The van der Waals surface area contributed by atoms with E-state index in [4.69, 9.17) is 9.47 Å². The van der Waals surface area contributed by atoms with E-state index in [-0.39, 0.29) is 6.61 Å². The van der Waals surface area contributed by atoms with Crippen LogP contribution in [0.5, 0.6) is 0 Å². The van der Waals surface area contributed by atoms with E-state index in [0.29, 0.717) is 19.3 Å². The summed E-state index contributed by atoms with van der Waals surface area (Å²) >= 11 is 0. The molecule has 1 aliphatic heterocycles. The predicted molar refractivity (Wildman–Crippen MR) is 241 cm³/mol. The Labute approximate surface area is 360 Å². The molecule has 1 saturated heterocycles. The molecule has 1 rings (SSSR count). The van der Waals surface area contributed by atoms with Crippen molar-refractivity contribution in [1.82, 2.24) is 5.32 Å². The van der Waals surface area contributed by atoms with E-state index in [9.17, 15) is 35.4 Å². The second kappa shape index (κ2) is 38.1. The molecule has 0 radical (unpaired) electrons. The van der Waals surface area contributed by atoms with Crippen molar-refractivity contribution in [1.29, 1.82) is 0 Å². The van der Waals surface area contributed by atoms with Crippen LogP contribution in [-0.2, 0) is 14.3 Å². The largest absolute Gasteiger partial charge is 0.394 e. The van der Waals surface area contributed by atoms with Gasteiger partial charge in [-0.15, -0.1) is 0 Å². The number of hydrogen-bond donors (Lipinski definition) is 7. The van der Waals surface area contributed by atoms with Crippen LogP contribution in [0.3, 0.4) is 0 Å². The van der Waals surface area contributed by atoms with Gasteiger partial charge < -0.3 is 45.4 Å². The molecule has 7 N–H and O–H groups in total. The molecule has 8 atom stereocenters. The average molecular weight is 838 g/mol. The average Bonchev–Trinajstić information content (AvgIpc) is 3.23. The number of ether oxygens (including phenoxy) is 2. The van der Waals surface area contributed by atoms with Gasteiger partial charge in [-0.2, -0.15) is 0 Å². The van der Waals surface area contributed by atoms with Crippen molar-refractivity contribution in [2.45, 2.75) is 256 Å². The van der Waals surface area contributed by atoms with E-state index in [1.54, 1.807) is 6.08 Å². The molecule has 0 aromatic carbocycles. The molecule has 346 valence electrons. The Balaban J connectivity index is 2.42. The molecule has 1 unspecified atom stereocenters. The van der Waals surface area contributed by atoms with Gasteiger partial charge in [0.1, 0.15) is 30.5 Å². The molecule has 1 aliphatic rings. The van der Waals surface area contributed by atoms with Crippen molar-refractivity contribution in [3.63, 3.8) is 0 Å². The molecule has 1 fully saturated rings. The number of nitrogens with one attached hydrogen (secondary N) is 1. The molecule has 10 nitrogen and oxygen atoms in total. The Morgan fingerprint density at radius 1 is 0.644 bits per heavy atom. The lowest BCUT2D eigenvalue weighted by Gasteiger charge is -2.40. The summed E-state index contributed by atoms with van der Waals surface area (Å²) in [5, 5.41) is 64.8. The van der Waals surface area contributed by atoms with Crippen LogP contribution in [0, 0.1) is 0 Å². The Morgan fingerprint density at radius 3 is 1.64 bits per heavy atom. The van der Waals surface area contributed by atoms with E-state index in [1.165, 1.54) is 140 Å². The van der Waals surface area contributed by atoms with Gasteiger partial charge >= 0.3 is 0 Å². The van der Waals surface area contributed by atoms with Crippen molar-refractivity contribution < 1.29 is 44.9 Å². The Kier molecular flexibility index (Phi) is 35.7. The number of aliphatic hydroxyl groups excluding tert-OH is 6. The fourth-order valence-electron chi connectivity index (χ4n) is 7.61. The van der Waals surface area contributed by atoms with Crippen LogP contribution in [0.2, 0.25) is 0 Å². The third-order valence-corrected chi connectivity index (χ3v) is 11.7. The number of unbranched alkanes of at least 4 members (excludes halogenated alkanes) is 25. The van der Waals surface area contributed by atoms with Gasteiger partial charge in [-0.25, -0.2) is 0 Å². The van der Waals surface area contributed by atoms with Gasteiger partial charge in [-0.3, -0.25) is 4.79 Å². The third-order valence-electron chi connectivity index (χ3n) is 11.7. The van der Waals surface area contributed by atoms with Crippen molar-refractivity contribution in [3.05, 3.63) is 36.0 Å². The maximum Gasteiger partial charge on any atom is 0.249 e. The highest BCUT2D eigenvalue weighted by Gasteiger charge is 2.44. The summed E-state index contributed by atoms with van der Waals surface area (Å²) in [4.78, 5) is 13.1. The van der Waals surface area contributed by atoms with Crippen LogP contribution >= 0.6 is 0 Å². The summed E-state index contributed by atoms with van der Waals surface area (Å²) in [6.07, 6.45) is 34.9. The first-order valence-electron chi connectivity index (χ1n) is 24.2. The lowest BCUT2D eigenvalue weighted by atomic mass is 9.99. The van der Waals surface area contributed by atoms with Gasteiger partial charge in [-0.1, -0.05) is 204 Å². The van der Waals surface area contributed by atoms with Crippen LogP contribution in [0.15, 0.2) is 36.0 Å². The number of rotatable bonds is 39. The van der Waals surface area contributed by atoms with E-state index in [2.05, 4.69) is 44.3 Å². The van der Waals surface area contributed by atoms with Crippen LogP contribution in [0.25, 0.3) is 0 Å². The topological polar surface area (TPSA) is 169 Å². The SMILES string of the molecule is CCCCCCC/C=C/C(C)=C/CC/C=C/[C@@H](O)[C@H](CO[C@@H]1O[C@H](CO)[C@@H](O)[C@H](O)[C@H]1O)NC(=O)C(O)CCCCCCCCCCCCCCCCCCCCCC. The molecular formula is C49H91NO9. The first-order chi connectivity index (χ1) is 28.7. The van der Waals surface area contributed by atoms with Crippen LogP contribution in [-0.4, -0.2) is 98.7 Å². The zero-order valence-corrected chi connectivity index (χ0v) is 37.8. The second-order valence-electron chi connectivity index (χ2n) is 17.2. The van der Waals surface area contributed by atoms with Gasteiger partial charge in [0.25, 0.3) is 0 Å². The van der Waals surface area contributed by atoms with Crippen molar-refractivity contribution in [2.75, 3.05) is 13.2 Å². The van der Waals surface area contributed by atoms with E-state index >= 15 is 0 Å². The quantitative estimate of drug-likeness (QED) is 0.0181. The van der Waals surface area contributed by atoms with Crippen LogP contribution in [0.1, 0.15) is 207 Å². The zero-order valence-electron chi connectivity index (χ0n) is 37.8. The molecule has 10 heteroatoms. The molecule has 59 heavy (non-hydrogen) atoms. The lowest BCUT2D eigenvalue weighted by Crippen LogP contribution is -2.60. The highest BCUT2D eigenvalue weighted by atomic mass is 16.7. The standard InChI is InChI=1S/C49H91NO9/c1-4-6-8-10-12-13-14-15-16-17-18-19-20-21-22-23-24-26-28-32-37-43(53)48(57)50-41(39-58-49-47(56)46(55)45(54)44(38-51)59-49)42(52)36-33-29-31-35-40(3)34-30-27-25-11-9-7-5-2/h30,33-36,41-47,49,51-56H,4-29,31-32,37-39H2,1-3H3,(H,50,57)/b34-30+,36-33+,40-35+/t41-,42+,43?,44+,45+,46-,47+,49+/m0/s1. The van der Waals surface area contributed by atoms with E-state index in [1.807, 2.05) is 6.08 Å². The smallest absolute Gasteiger partial charge is 0.249 e. The summed E-state index contributed by atoms with van der Waals surface area (Å²) in [6.45, 7) is 5.63. The highest BCUT2D eigenvalue weighted by molar-refractivity contribution is 5.80. The number of amides is 1. The first kappa shape index (κ1) is 55.4. The third kappa shape index (κ3) is 28.6. The fourth-order valence-corrected chi connectivity index (χ4v) is 7.61. The van der Waals surface area contributed by atoms with Gasteiger partial charge in [-0.05, 0) is 39.0 Å². The minimum absolute atomic E-state index is 0.302. The normalized spacial score (nSPS) is 21.7. The Bertz CT molecular complexity index is 1070. The number of aliphatic hydroxyl groups is 6. The predicted octanol–water partition coefficient (Wildman–Crippen LogP) is 9.42. The summed E-state index contributed by atoms with van der Waals surface area (Å²) in [7, 11) is 0. The van der Waals surface area contributed by atoms with Crippen molar-refractivity contribution in [3.8, 4) is 0 Å². The molecule has 0 spiro atoms. The first-order valence-corrected chi connectivity index (χ1v) is 24.2. The van der Waals surface area contributed by atoms with Crippen LogP contribution in [0.4, 0.5) is 0 Å². The monoisotopic (exact) mass is 838 g/mol. The minimum atomic E-state index is -1.62. The molecule has 0 bridgehead atoms. The van der Waals surface area contributed by atoms with E-state index in [0.717, 1.165) is 32.1 Å². The number of hydrogen-bond acceptors (Lipinski definition) is 9. The van der Waals surface area contributed by atoms with Crippen molar-refractivity contribution >= 4 is 5.91 Å². The zero-order chi connectivity index (χ0) is 43.4. The summed E-state index contributed by atoms with van der Waals surface area (Å²) in [5.41, 5.74) is 1.18. The molecule has 0 aromatic rings. The van der Waals surface area contributed by atoms with Crippen LogP contribution < -0.4 is 5.32 Å². The fraction of sp³-hybridized carbons (Fsp3) is 0.857. The summed E-state index contributed by atoms with van der Waals surface area (Å²) in [6, 6.07) is -1.01. The van der Waals surface area contributed by atoms with Gasteiger partial charge in [0.2, 0.25) is 5.91 Å². The maximum atomic E-state index is 13.1. The Hall–Kier alpha value is -1.63.